The molecule has 1 fully saturated rings. The van der Waals surface area contributed by atoms with Gasteiger partial charge in [-0.2, -0.15) is 0 Å². The number of hydrogen-bond acceptors (Lipinski definition) is 6. The monoisotopic (exact) mass is 346 g/mol. The standard InChI is InChI=1S/C17H22N4O2S/c1-11-14(24-17(21-11)15-18-8-5-9-19-15)16(23)20-10-13(22)12-6-3-2-4-7-12/h5,8-9,12-13,22H,2-4,6-7,10H2,1H3,(H,20,23). The van der Waals surface area contributed by atoms with Crippen LogP contribution in [0.5, 0.6) is 0 Å². The van der Waals surface area contributed by atoms with Crippen LogP contribution in [0.3, 0.4) is 0 Å². The van der Waals surface area contributed by atoms with E-state index in [1.807, 2.05) is 0 Å². The molecule has 0 aliphatic heterocycles. The molecule has 1 amide bonds. The average molecular weight is 346 g/mol. The van der Waals surface area contributed by atoms with Crippen molar-refractivity contribution < 1.29 is 9.90 Å². The van der Waals surface area contributed by atoms with Crippen LogP contribution in [0.25, 0.3) is 10.8 Å². The van der Waals surface area contributed by atoms with Gasteiger partial charge in [-0.1, -0.05) is 19.3 Å². The number of thiazole rings is 1. The van der Waals surface area contributed by atoms with Crippen LogP contribution in [0, 0.1) is 12.8 Å². The van der Waals surface area contributed by atoms with Crippen LogP contribution >= 0.6 is 11.3 Å². The first-order valence-corrected chi connectivity index (χ1v) is 9.18. The summed E-state index contributed by atoms with van der Waals surface area (Å²) < 4.78 is 0. The normalized spacial score (nSPS) is 16.8. The topological polar surface area (TPSA) is 88.0 Å². The van der Waals surface area contributed by atoms with Crippen molar-refractivity contribution in [2.75, 3.05) is 6.54 Å². The largest absolute Gasteiger partial charge is 0.391 e. The van der Waals surface area contributed by atoms with Gasteiger partial charge in [-0.15, -0.1) is 11.3 Å². The predicted molar refractivity (Wildman–Crippen MR) is 92.8 cm³/mol. The van der Waals surface area contributed by atoms with Gasteiger partial charge in [-0.05, 0) is 31.7 Å². The highest BCUT2D eigenvalue weighted by Gasteiger charge is 2.23. The van der Waals surface area contributed by atoms with Gasteiger partial charge >= 0.3 is 0 Å². The Kier molecular flexibility index (Phi) is 5.52. The highest BCUT2D eigenvalue weighted by Crippen LogP contribution is 2.27. The number of aromatic nitrogens is 3. The molecule has 1 unspecified atom stereocenters. The number of carbonyl (C=O) groups is 1. The summed E-state index contributed by atoms with van der Waals surface area (Å²) in [6.45, 7) is 2.09. The minimum Gasteiger partial charge on any atom is -0.391 e. The number of rotatable bonds is 5. The van der Waals surface area contributed by atoms with E-state index in [2.05, 4.69) is 20.3 Å². The Bertz CT molecular complexity index is 683. The highest BCUT2D eigenvalue weighted by atomic mass is 32.1. The molecule has 3 rings (SSSR count). The smallest absolute Gasteiger partial charge is 0.263 e. The number of nitrogens with zero attached hydrogens (tertiary/aromatic N) is 3. The van der Waals surface area contributed by atoms with Crippen LogP contribution in [-0.4, -0.2) is 38.6 Å². The minimum atomic E-state index is -0.473. The van der Waals surface area contributed by atoms with E-state index in [-0.39, 0.29) is 12.5 Å². The number of nitrogens with one attached hydrogen (secondary N) is 1. The Hall–Kier alpha value is -1.86. The SMILES string of the molecule is Cc1nc(-c2ncccn2)sc1C(=O)NCC(O)C1CCCCC1. The maximum absolute atomic E-state index is 12.4. The molecule has 7 heteroatoms. The van der Waals surface area contributed by atoms with Gasteiger partial charge in [0.1, 0.15) is 4.88 Å². The van der Waals surface area contributed by atoms with Crippen LogP contribution in [0.15, 0.2) is 18.5 Å². The molecule has 0 bridgehead atoms. The Morgan fingerprint density at radius 1 is 1.33 bits per heavy atom. The first-order valence-electron chi connectivity index (χ1n) is 8.36. The second-order valence-corrected chi connectivity index (χ2v) is 7.18. The lowest BCUT2D eigenvalue weighted by atomic mass is 9.85. The summed E-state index contributed by atoms with van der Waals surface area (Å²) in [5.74, 6) is 0.629. The molecule has 1 aliphatic rings. The lowest BCUT2D eigenvalue weighted by Gasteiger charge is -2.26. The first kappa shape index (κ1) is 17.0. The van der Waals surface area contributed by atoms with Crippen molar-refractivity contribution in [1.82, 2.24) is 20.3 Å². The fourth-order valence-electron chi connectivity index (χ4n) is 3.08. The third kappa shape index (κ3) is 3.96. The van der Waals surface area contributed by atoms with Gasteiger partial charge in [0, 0.05) is 18.9 Å². The van der Waals surface area contributed by atoms with Crippen LogP contribution in [0.1, 0.15) is 47.5 Å². The molecular weight excluding hydrogens is 324 g/mol. The summed E-state index contributed by atoms with van der Waals surface area (Å²) in [6, 6.07) is 1.74. The van der Waals surface area contributed by atoms with E-state index in [0.29, 0.717) is 27.3 Å². The zero-order valence-electron chi connectivity index (χ0n) is 13.7. The van der Waals surface area contributed by atoms with Crippen LogP contribution in [0.2, 0.25) is 0 Å². The number of aliphatic hydroxyl groups excluding tert-OH is 1. The number of hydrogen-bond donors (Lipinski definition) is 2. The molecule has 0 spiro atoms. The van der Waals surface area contributed by atoms with Crippen LogP contribution in [-0.2, 0) is 0 Å². The third-order valence-corrected chi connectivity index (χ3v) is 5.58. The molecule has 2 aromatic rings. The van der Waals surface area contributed by atoms with Crippen molar-refractivity contribution in [2.45, 2.75) is 45.1 Å². The van der Waals surface area contributed by atoms with Gasteiger partial charge in [-0.25, -0.2) is 15.0 Å². The molecule has 2 N–H and O–H groups in total. The molecule has 6 nitrogen and oxygen atoms in total. The van der Waals surface area contributed by atoms with Crippen molar-refractivity contribution in [1.29, 1.82) is 0 Å². The molecule has 1 saturated carbocycles. The maximum Gasteiger partial charge on any atom is 0.263 e. The number of amides is 1. The van der Waals surface area contributed by atoms with Crippen LogP contribution < -0.4 is 5.32 Å². The highest BCUT2D eigenvalue weighted by molar-refractivity contribution is 7.17. The van der Waals surface area contributed by atoms with Gasteiger partial charge < -0.3 is 10.4 Å². The number of aliphatic hydroxyl groups is 1. The van der Waals surface area contributed by atoms with Crippen molar-refractivity contribution >= 4 is 17.2 Å². The second-order valence-electron chi connectivity index (χ2n) is 6.18. The summed E-state index contributed by atoms with van der Waals surface area (Å²) >= 11 is 1.28. The molecular formula is C17H22N4O2S. The summed E-state index contributed by atoms with van der Waals surface area (Å²) in [7, 11) is 0. The van der Waals surface area contributed by atoms with E-state index in [0.717, 1.165) is 12.8 Å². The summed E-state index contributed by atoms with van der Waals surface area (Å²) in [4.78, 5) is 25.7. The number of carbonyl (C=O) groups excluding carboxylic acids is 1. The Morgan fingerprint density at radius 2 is 2.04 bits per heavy atom. The van der Waals surface area contributed by atoms with Crippen molar-refractivity contribution in [3.63, 3.8) is 0 Å². The fourth-order valence-corrected chi connectivity index (χ4v) is 4.01. The van der Waals surface area contributed by atoms with Crippen LogP contribution in [0.4, 0.5) is 0 Å². The average Bonchev–Trinajstić information content (AvgIpc) is 3.03. The summed E-state index contributed by atoms with van der Waals surface area (Å²) in [5.41, 5.74) is 0.659. The van der Waals surface area contributed by atoms with E-state index < -0.39 is 6.10 Å². The third-order valence-electron chi connectivity index (χ3n) is 4.43. The van der Waals surface area contributed by atoms with E-state index >= 15 is 0 Å². The first-order chi connectivity index (χ1) is 11.6. The molecule has 1 aliphatic carbocycles. The van der Waals surface area contributed by atoms with E-state index in [4.69, 9.17) is 0 Å². The predicted octanol–water partition coefficient (Wildman–Crippen LogP) is 2.58. The van der Waals surface area contributed by atoms with Crippen molar-refractivity contribution in [2.24, 2.45) is 5.92 Å². The second kappa shape index (κ2) is 7.81. The molecule has 128 valence electrons. The van der Waals surface area contributed by atoms with Crippen molar-refractivity contribution in [3.05, 3.63) is 29.0 Å². The Morgan fingerprint density at radius 3 is 2.75 bits per heavy atom. The van der Waals surface area contributed by atoms with Gasteiger partial charge in [0.25, 0.3) is 5.91 Å². The van der Waals surface area contributed by atoms with E-state index in [1.54, 1.807) is 25.4 Å². The molecule has 0 radical (unpaired) electrons. The zero-order valence-corrected chi connectivity index (χ0v) is 14.6. The lowest BCUT2D eigenvalue weighted by molar-refractivity contribution is 0.0740. The molecule has 0 aromatic carbocycles. The molecule has 0 saturated heterocycles. The minimum absolute atomic E-state index is 0.193. The molecule has 24 heavy (non-hydrogen) atoms. The zero-order chi connectivity index (χ0) is 16.9. The quantitative estimate of drug-likeness (QED) is 0.869. The van der Waals surface area contributed by atoms with E-state index in [9.17, 15) is 9.90 Å². The number of aryl methyl sites for hydroxylation is 1. The Balaban J connectivity index is 1.62. The molecule has 2 aromatic heterocycles. The lowest BCUT2D eigenvalue weighted by Crippen LogP contribution is -2.37. The fraction of sp³-hybridized carbons (Fsp3) is 0.529. The maximum atomic E-state index is 12.4. The van der Waals surface area contributed by atoms with Gasteiger partial charge in [0.05, 0.1) is 11.8 Å². The summed E-state index contributed by atoms with van der Waals surface area (Å²) in [5, 5.41) is 13.7. The molecule has 1 atom stereocenters. The van der Waals surface area contributed by atoms with Gasteiger partial charge in [0.15, 0.2) is 10.8 Å². The van der Waals surface area contributed by atoms with Gasteiger partial charge in [-0.3, -0.25) is 4.79 Å². The summed E-state index contributed by atoms with van der Waals surface area (Å²) in [6.07, 6.45) is 8.52. The molecule has 2 heterocycles. The Labute approximate surface area is 145 Å². The van der Waals surface area contributed by atoms with Crippen molar-refractivity contribution in [3.8, 4) is 10.8 Å². The van der Waals surface area contributed by atoms with E-state index in [1.165, 1.54) is 30.6 Å². The van der Waals surface area contributed by atoms with Gasteiger partial charge in [0.2, 0.25) is 0 Å².